The molecule has 0 spiro atoms. The minimum absolute atomic E-state index is 0.0600. The molecule has 166 valence electrons. The summed E-state index contributed by atoms with van der Waals surface area (Å²) in [5, 5.41) is 3.78. The molecule has 0 bridgehead atoms. The fourth-order valence-corrected chi connectivity index (χ4v) is 3.51. The predicted octanol–water partition coefficient (Wildman–Crippen LogP) is 5.56. The van der Waals surface area contributed by atoms with Crippen LogP contribution in [0, 0.1) is 12.3 Å². The zero-order chi connectivity index (χ0) is 22.4. The number of unbranched alkanes of at least 4 members (excludes halogenated alkanes) is 1. The topological polar surface area (TPSA) is 56.1 Å². The van der Waals surface area contributed by atoms with E-state index in [-0.39, 0.29) is 11.3 Å². The van der Waals surface area contributed by atoms with E-state index < -0.39 is 0 Å². The molecule has 3 aromatic rings. The van der Waals surface area contributed by atoms with E-state index >= 15 is 0 Å². The molecule has 0 radical (unpaired) electrons. The Morgan fingerprint density at radius 2 is 1.94 bits per heavy atom. The number of halogens is 1. The first-order chi connectivity index (χ1) is 14.8. The number of para-hydroxylation sites is 2. The average molecular weight is 442 g/mol. The van der Waals surface area contributed by atoms with Gasteiger partial charge in [0.05, 0.1) is 17.6 Å². The molecule has 1 amide bonds. The number of carbonyl (C=O) groups excluding carboxylic acids is 1. The van der Waals surface area contributed by atoms with Gasteiger partial charge in [-0.25, -0.2) is 4.98 Å². The Kier molecular flexibility index (Phi) is 7.60. The molecule has 2 aromatic carbocycles. The molecule has 5 nitrogen and oxygen atoms in total. The Hall–Kier alpha value is -2.53. The van der Waals surface area contributed by atoms with Crippen LogP contribution in [0.1, 0.15) is 45.0 Å². The van der Waals surface area contributed by atoms with Crippen molar-refractivity contribution >= 4 is 28.5 Å². The standard InChI is InChI=1S/C25H32ClN3O2/c1-18-17-19(11-12-20(18)26)31-16-8-7-15-29-22-10-6-5-9-21(22)28-23(29)13-14-27-24(30)25(2,3)4/h5-6,9-12,17H,7-8,13-16H2,1-4H3,(H,27,30). The van der Waals surface area contributed by atoms with Gasteiger partial charge in [0.2, 0.25) is 5.91 Å². The monoisotopic (exact) mass is 441 g/mol. The number of nitrogens with zero attached hydrogens (tertiary/aromatic N) is 2. The maximum Gasteiger partial charge on any atom is 0.225 e. The lowest BCUT2D eigenvalue weighted by atomic mass is 9.96. The summed E-state index contributed by atoms with van der Waals surface area (Å²) in [7, 11) is 0. The van der Waals surface area contributed by atoms with Crippen molar-refractivity contribution in [2.24, 2.45) is 5.41 Å². The molecule has 3 rings (SSSR count). The number of benzene rings is 2. The number of imidazole rings is 1. The molecule has 0 saturated heterocycles. The Labute approximate surface area is 189 Å². The summed E-state index contributed by atoms with van der Waals surface area (Å²) in [5.74, 6) is 1.92. The Morgan fingerprint density at radius 3 is 2.68 bits per heavy atom. The Balaban J connectivity index is 1.56. The van der Waals surface area contributed by atoms with Gasteiger partial charge in [-0.05, 0) is 55.7 Å². The maximum atomic E-state index is 12.2. The third kappa shape index (κ3) is 6.23. The summed E-state index contributed by atoms with van der Waals surface area (Å²) in [5.41, 5.74) is 2.76. The van der Waals surface area contributed by atoms with E-state index in [1.54, 1.807) is 0 Å². The van der Waals surface area contributed by atoms with Crippen LogP contribution in [0.4, 0.5) is 0 Å². The van der Waals surface area contributed by atoms with Gasteiger partial charge < -0.3 is 14.6 Å². The van der Waals surface area contributed by atoms with E-state index in [4.69, 9.17) is 21.3 Å². The van der Waals surface area contributed by atoms with Crippen LogP contribution in [0.25, 0.3) is 11.0 Å². The van der Waals surface area contributed by atoms with Crippen molar-refractivity contribution in [1.82, 2.24) is 14.9 Å². The molecular weight excluding hydrogens is 410 g/mol. The van der Waals surface area contributed by atoms with Gasteiger partial charge in [0.1, 0.15) is 11.6 Å². The number of ether oxygens (including phenoxy) is 1. The fraction of sp³-hybridized carbons (Fsp3) is 0.440. The predicted molar refractivity (Wildman–Crippen MR) is 127 cm³/mol. The SMILES string of the molecule is Cc1cc(OCCCCn2c(CCNC(=O)C(C)(C)C)nc3ccccc32)ccc1Cl. The lowest BCUT2D eigenvalue weighted by molar-refractivity contribution is -0.128. The van der Waals surface area contributed by atoms with Crippen molar-refractivity contribution in [2.45, 2.75) is 53.5 Å². The van der Waals surface area contributed by atoms with Crippen LogP contribution in [0.5, 0.6) is 5.75 Å². The van der Waals surface area contributed by atoms with Gasteiger partial charge in [0.25, 0.3) is 0 Å². The van der Waals surface area contributed by atoms with E-state index in [0.717, 1.165) is 52.6 Å². The summed E-state index contributed by atoms with van der Waals surface area (Å²) in [6.45, 7) is 9.85. The van der Waals surface area contributed by atoms with Gasteiger partial charge >= 0.3 is 0 Å². The van der Waals surface area contributed by atoms with E-state index in [1.165, 1.54) is 0 Å². The number of hydrogen-bond donors (Lipinski definition) is 1. The van der Waals surface area contributed by atoms with E-state index in [9.17, 15) is 4.79 Å². The van der Waals surface area contributed by atoms with Crippen molar-refractivity contribution in [3.05, 3.63) is 58.9 Å². The Bertz CT molecular complexity index is 1040. The lowest BCUT2D eigenvalue weighted by Gasteiger charge is -2.17. The maximum absolute atomic E-state index is 12.2. The second-order valence-corrected chi connectivity index (χ2v) is 9.30. The van der Waals surface area contributed by atoms with E-state index in [2.05, 4.69) is 16.0 Å². The third-order valence-corrected chi connectivity index (χ3v) is 5.65. The molecule has 0 aliphatic carbocycles. The smallest absolute Gasteiger partial charge is 0.225 e. The molecule has 0 unspecified atom stereocenters. The number of carbonyl (C=O) groups is 1. The number of aryl methyl sites for hydroxylation is 2. The van der Waals surface area contributed by atoms with Crippen molar-refractivity contribution in [3.8, 4) is 5.75 Å². The number of hydrogen-bond acceptors (Lipinski definition) is 3. The molecule has 6 heteroatoms. The fourth-order valence-electron chi connectivity index (χ4n) is 3.39. The van der Waals surface area contributed by atoms with Gasteiger partial charge in [-0.15, -0.1) is 0 Å². The van der Waals surface area contributed by atoms with Crippen LogP contribution < -0.4 is 10.1 Å². The van der Waals surface area contributed by atoms with E-state index in [0.29, 0.717) is 19.6 Å². The van der Waals surface area contributed by atoms with Crippen molar-refractivity contribution < 1.29 is 9.53 Å². The summed E-state index contributed by atoms with van der Waals surface area (Å²) in [4.78, 5) is 17.0. The van der Waals surface area contributed by atoms with Gasteiger partial charge in [-0.2, -0.15) is 0 Å². The Morgan fingerprint density at radius 1 is 1.16 bits per heavy atom. The summed E-state index contributed by atoms with van der Waals surface area (Å²) in [6.07, 6.45) is 2.62. The molecule has 0 saturated carbocycles. The van der Waals surface area contributed by atoms with Crippen LogP contribution in [-0.4, -0.2) is 28.6 Å². The number of amides is 1. The summed E-state index contributed by atoms with van der Waals surface area (Å²) >= 11 is 6.07. The zero-order valence-corrected chi connectivity index (χ0v) is 19.6. The highest BCUT2D eigenvalue weighted by molar-refractivity contribution is 6.31. The average Bonchev–Trinajstić information content (AvgIpc) is 3.07. The number of rotatable bonds is 9. The number of fused-ring (bicyclic) bond motifs is 1. The van der Waals surface area contributed by atoms with Gasteiger partial charge in [-0.1, -0.05) is 44.5 Å². The van der Waals surface area contributed by atoms with Gasteiger partial charge in [-0.3, -0.25) is 4.79 Å². The first-order valence-electron chi connectivity index (χ1n) is 10.9. The highest BCUT2D eigenvalue weighted by Crippen LogP contribution is 2.22. The van der Waals surface area contributed by atoms with Crippen molar-refractivity contribution in [2.75, 3.05) is 13.2 Å². The summed E-state index contributed by atoms with van der Waals surface area (Å²) < 4.78 is 8.14. The van der Waals surface area contributed by atoms with Crippen molar-refractivity contribution in [3.63, 3.8) is 0 Å². The van der Waals surface area contributed by atoms with Gasteiger partial charge in [0, 0.05) is 29.9 Å². The second-order valence-electron chi connectivity index (χ2n) is 8.89. The molecular formula is C25H32ClN3O2. The number of nitrogens with one attached hydrogen (secondary N) is 1. The minimum Gasteiger partial charge on any atom is -0.494 e. The lowest BCUT2D eigenvalue weighted by Crippen LogP contribution is -2.36. The van der Waals surface area contributed by atoms with Crippen molar-refractivity contribution in [1.29, 1.82) is 0 Å². The number of aromatic nitrogens is 2. The van der Waals surface area contributed by atoms with Crippen LogP contribution in [0.15, 0.2) is 42.5 Å². The normalized spacial score (nSPS) is 11.6. The molecule has 0 aliphatic rings. The van der Waals surface area contributed by atoms with E-state index in [1.807, 2.05) is 64.1 Å². The molecule has 1 N–H and O–H groups in total. The highest BCUT2D eigenvalue weighted by Gasteiger charge is 2.20. The minimum atomic E-state index is -0.386. The van der Waals surface area contributed by atoms with Crippen LogP contribution in [-0.2, 0) is 17.8 Å². The summed E-state index contributed by atoms with van der Waals surface area (Å²) in [6, 6.07) is 13.9. The first kappa shape index (κ1) is 23.1. The molecule has 31 heavy (non-hydrogen) atoms. The second kappa shape index (κ2) is 10.2. The van der Waals surface area contributed by atoms with Crippen LogP contribution in [0.2, 0.25) is 5.02 Å². The molecule has 0 atom stereocenters. The zero-order valence-electron chi connectivity index (χ0n) is 18.9. The quantitative estimate of drug-likeness (QED) is 0.442. The molecule has 0 fully saturated rings. The first-order valence-corrected chi connectivity index (χ1v) is 11.2. The highest BCUT2D eigenvalue weighted by atomic mass is 35.5. The largest absolute Gasteiger partial charge is 0.494 e. The molecule has 1 heterocycles. The van der Waals surface area contributed by atoms with Gasteiger partial charge in [0.15, 0.2) is 0 Å². The van der Waals surface area contributed by atoms with Crippen LogP contribution >= 0.6 is 11.6 Å². The molecule has 0 aliphatic heterocycles. The molecule has 1 aromatic heterocycles. The van der Waals surface area contributed by atoms with Crippen LogP contribution in [0.3, 0.4) is 0 Å². The third-order valence-electron chi connectivity index (χ3n) is 5.22.